The fourth-order valence-electron chi connectivity index (χ4n) is 13.3. The summed E-state index contributed by atoms with van der Waals surface area (Å²) < 4.78 is 12.2. The van der Waals surface area contributed by atoms with Crippen LogP contribution in [-0.4, -0.2) is 59.3 Å². The van der Waals surface area contributed by atoms with Crippen LogP contribution in [0.5, 0.6) is 11.5 Å². The number of rotatable bonds is 10. The Morgan fingerprint density at radius 3 is 2.32 bits per heavy atom. The number of hydrogen-bond donors (Lipinski definition) is 2. The third-order valence-corrected chi connectivity index (χ3v) is 17.6. The Balaban J connectivity index is 1.05. The zero-order valence-corrected chi connectivity index (χ0v) is 35.9. The van der Waals surface area contributed by atoms with Gasteiger partial charge in [0, 0.05) is 33.1 Å². The van der Waals surface area contributed by atoms with Gasteiger partial charge in [0.2, 0.25) is 5.91 Å². The van der Waals surface area contributed by atoms with E-state index >= 15 is 4.79 Å². The topological polar surface area (TPSA) is 96.3 Å². The van der Waals surface area contributed by atoms with Crippen molar-refractivity contribution in [3.05, 3.63) is 131 Å². The molecule has 5 aromatic rings. The minimum Gasteiger partial charge on any atom is -0.493 e. The van der Waals surface area contributed by atoms with Gasteiger partial charge in [-0.25, -0.2) is 0 Å². The van der Waals surface area contributed by atoms with Crippen LogP contribution in [0.3, 0.4) is 0 Å². The van der Waals surface area contributed by atoms with Gasteiger partial charge in [0.05, 0.1) is 43.8 Å². The van der Waals surface area contributed by atoms with Gasteiger partial charge in [0.15, 0.2) is 17.3 Å². The summed E-state index contributed by atoms with van der Waals surface area (Å²) in [5.74, 6) is 1.32. The third kappa shape index (κ3) is 5.66. The fourth-order valence-corrected chi connectivity index (χ4v) is 14.3. The van der Waals surface area contributed by atoms with Gasteiger partial charge >= 0.3 is 0 Å². The lowest BCUT2D eigenvalue weighted by Crippen LogP contribution is -2.67. The van der Waals surface area contributed by atoms with E-state index in [1.807, 2.05) is 53.4 Å². The summed E-state index contributed by atoms with van der Waals surface area (Å²) in [4.78, 5) is 32.7. The normalized spacial score (nSPS) is 32.6. The van der Waals surface area contributed by atoms with Crippen molar-refractivity contribution < 1.29 is 29.3 Å². The Hall–Kier alpha value is -4.76. The highest BCUT2D eigenvalue weighted by Crippen LogP contribution is 2.78. The molecule has 2 spiro atoms. The van der Waals surface area contributed by atoms with Crippen LogP contribution in [0.1, 0.15) is 79.6 Å². The molecule has 1 heterocycles. The zero-order valence-electron chi connectivity index (χ0n) is 35.1. The molecule has 2 N–H and O–H groups in total. The summed E-state index contributed by atoms with van der Waals surface area (Å²) in [7, 11) is 3.20. The molecule has 2 bridgehead atoms. The molecule has 3 saturated carbocycles. The molecule has 6 aliphatic carbocycles. The molecule has 0 saturated heterocycles. The molecule has 310 valence electrons. The van der Waals surface area contributed by atoms with E-state index in [4.69, 9.17) is 9.47 Å². The van der Waals surface area contributed by atoms with Gasteiger partial charge in [0.1, 0.15) is 0 Å². The first-order chi connectivity index (χ1) is 28.9. The van der Waals surface area contributed by atoms with Gasteiger partial charge in [-0.15, -0.1) is 11.3 Å². The number of ketones is 1. The largest absolute Gasteiger partial charge is 0.493 e. The van der Waals surface area contributed by atoms with E-state index in [-0.39, 0.29) is 41.9 Å². The van der Waals surface area contributed by atoms with E-state index in [9.17, 15) is 15.0 Å². The number of allylic oxidation sites excluding steroid dienone is 4. The van der Waals surface area contributed by atoms with E-state index in [0.29, 0.717) is 30.9 Å². The molecule has 11 rings (SSSR count). The van der Waals surface area contributed by atoms with E-state index in [0.717, 1.165) is 74.5 Å². The number of aliphatic hydroxyl groups is 2. The van der Waals surface area contributed by atoms with Crippen LogP contribution in [-0.2, 0) is 17.8 Å². The molecule has 6 aliphatic rings. The smallest absolute Gasteiger partial charge is 0.227 e. The quantitative estimate of drug-likeness (QED) is 0.108. The monoisotopic (exact) mass is 821 g/mol. The van der Waals surface area contributed by atoms with Crippen molar-refractivity contribution in [1.29, 1.82) is 0 Å². The molecule has 0 radical (unpaired) electrons. The van der Waals surface area contributed by atoms with Crippen LogP contribution in [0.15, 0.2) is 115 Å². The number of nitrogens with zero attached hydrogens (tertiary/aromatic N) is 1. The Labute approximate surface area is 356 Å². The fraction of sp³-hybridized carbons (Fsp3) is 0.423. The maximum absolute atomic E-state index is 15.3. The molecule has 4 aromatic carbocycles. The number of aliphatic hydroxyl groups excluding tert-OH is 1. The number of amides is 1. The molecule has 8 atom stereocenters. The summed E-state index contributed by atoms with van der Waals surface area (Å²) >= 11 is 1.56. The summed E-state index contributed by atoms with van der Waals surface area (Å²) in [6.07, 6.45) is 11.9. The molecule has 60 heavy (non-hydrogen) atoms. The van der Waals surface area contributed by atoms with Gasteiger partial charge < -0.3 is 24.6 Å². The summed E-state index contributed by atoms with van der Waals surface area (Å²) in [5, 5.41) is 27.9. The molecule has 7 nitrogen and oxygen atoms in total. The third-order valence-electron chi connectivity index (χ3n) is 16.5. The lowest BCUT2D eigenvalue weighted by molar-refractivity contribution is -0.178. The van der Waals surface area contributed by atoms with Gasteiger partial charge in [-0.1, -0.05) is 98.8 Å². The van der Waals surface area contributed by atoms with Crippen molar-refractivity contribution in [1.82, 2.24) is 4.90 Å². The Morgan fingerprint density at radius 2 is 1.52 bits per heavy atom. The molecular formula is C52H55NO6S. The predicted molar refractivity (Wildman–Crippen MR) is 237 cm³/mol. The molecule has 8 heteroatoms. The van der Waals surface area contributed by atoms with Gasteiger partial charge in [0.25, 0.3) is 0 Å². The molecular weight excluding hydrogens is 767 g/mol. The second-order valence-electron chi connectivity index (χ2n) is 19.0. The van der Waals surface area contributed by atoms with Gasteiger partial charge in [-0.3, -0.25) is 9.59 Å². The number of benzene rings is 4. The number of carbonyl (C=O) groups excluding carboxylic acids is 2. The maximum Gasteiger partial charge on any atom is 0.227 e. The zero-order chi connectivity index (χ0) is 41.7. The van der Waals surface area contributed by atoms with E-state index in [2.05, 4.69) is 74.5 Å². The summed E-state index contributed by atoms with van der Waals surface area (Å²) in [6, 6.07) is 30.3. The molecule has 8 unspecified atom stereocenters. The Bertz CT molecular complexity index is 2570. The number of Topliss-reactive ketones (excluding diaryl/α,β-unsaturated/α-hetero) is 1. The first-order valence-electron chi connectivity index (χ1n) is 21.7. The van der Waals surface area contributed by atoms with Crippen molar-refractivity contribution in [3.8, 4) is 11.5 Å². The van der Waals surface area contributed by atoms with Crippen LogP contribution in [0.2, 0.25) is 0 Å². The Kier molecular flexibility index (Phi) is 9.29. The summed E-state index contributed by atoms with van der Waals surface area (Å²) in [6.45, 7) is 5.20. The van der Waals surface area contributed by atoms with Crippen LogP contribution in [0.4, 0.5) is 0 Å². The number of hydrogen-bond acceptors (Lipinski definition) is 7. The van der Waals surface area contributed by atoms with Crippen LogP contribution in [0, 0.1) is 33.5 Å². The molecule has 1 aromatic heterocycles. The lowest BCUT2D eigenvalue weighted by Gasteiger charge is -2.71. The van der Waals surface area contributed by atoms with Crippen molar-refractivity contribution in [3.63, 3.8) is 0 Å². The van der Waals surface area contributed by atoms with Gasteiger partial charge in [-0.05, 0) is 114 Å². The number of methoxy groups -OCH3 is 2. The maximum atomic E-state index is 15.3. The number of fused-ring (bicyclic) bond motifs is 3. The lowest BCUT2D eigenvalue weighted by atomic mass is 9.32. The number of carbonyl (C=O) groups is 2. The van der Waals surface area contributed by atoms with E-state index in [1.165, 1.54) is 0 Å². The molecule has 0 aliphatic heterocycles. The highest BCUT2D eigenvalue weighted by molar-refractivity contribution is 7.21. The highest BCUT2D eigenvalue weighted by atomic mass is 32.1. The van der Waals surface area contributed by atoms with Crippen molar-refractivity contribution >= 4 is 43.9 Å². The SMILES string of the molecule is COc1ccc(CC(=O)N(Cc2cccc3ccccc23)CC2(O)CCC3C45C=CC6(C=C4C(=O)c4cc7ccccc7s4)CC(O)CCC6(C)C5CCC32C)cc1OC. The average Bonchev–Trinajstić information content (AvgIpc) is 3.81. The van der Waals surface area contributed by atoms with E-state index < -0.39 is 27.9 Å². The highest BCUT2D eigenvalue weighted by Gasteiger charge is 2.74. The van der Waals surface area contributed by atoms with Crippen molar-refractivity contribution in [2.24, 2.45) is 33.5 Å². The van der Waals surface area contributed by atoms with Crippen LogP contribution >= 0.6 is 11.3 Å². The van der Waals surface area contributed by atoms with Gasteiger partial charge in [-0.2, -0.15) is 0 Å². The Morgan fingerprint density at radius 1 is 0.800 bits per heavy atom. The molecule has 1 amide bonds. The van der Waals surface area contributed by atoms with Crippen LogP contribution < -0.4 is 9.47 Å². The average molecular weight is 822 g/mol. The number of ether oxygens (including phenoxy) is 2. The minimum atomic E-state index is -1.22. The second-order valence-corrected chi connectivity index (χ2v) is 20.1. The predicted octanol–water partition coefficient (Wildman–Crippen LogP) is 10.1. The minimum absolute atomic E-state index is 0.0306. The first kappa shape index (κ1) is 39.4. The number of thiophene rings is 1. The standard InChI is InChI=1S/C52H55NO6S/c1-48-21-18-37(54)29-50(48)24-25-52(39(30-50)47(56)43-28-35-11-6-8-15-42(35)60-43)44(48)19-22-49(2)45(52)20-23-51(49,57)32-53(31-36-13-9-12-34-10-5-7-14-38(34)36)46(55)27-33-16-17-40(58-3)41(26-33)59-4/h5-17,24-26,28,30,37,44-45,54,57H,18-23,27,29,31-32H2,1-4H3. The van der Waals surface area contributed by atoms with E-state index in [1.54, 1.807) is 25.6 Å². The first-order valence-corrected chi connectivity index (χ1v) is 22.5. The molecule has 3 fully saturated rings. The second kappa shape index (κ2) is 14.1. The van der Waals surface area contributed by atoms with Crippen molar-refractivity contribution in [2.45, 2.75) is 83.5 Å². The van der Waals surface area contributed by atoms with Crippen LogP contribution in [0.25, 0.3) is 20.9 Å². The summed E-state index contributed by atoms with van der Waals surface area (Å²) in [5.41, 5.74) is -0.264. The van der Waals surface area contributed by atoms with Crippen molar-refractivity contribution in [2.75, 3.05) is 20.8 Å².